The number of hydrogen-bond donors (Lipinski definition) is 1. The zero-order valence-corrected chi connectivity index (χ0v) is 12.9. The van der Waals surface area contributed by atoms with Crippen molar-refractivity contribution in [2.75, 3.05) is 4.72 Å². The number of sulfonamides is 1. The van der Waals surface area contributed by atoms with Crippen LogP contribution in [-0.2, 0) is 10.0 Å². The Morgan fingerprint density at radius 1 is 1.30 bits per heavy atom. The number of nitrogens with one attached hydrogen (secondary N) is 1. The first-order valence-corrected chi connectivity index (χ1v) is 7.78. The van der Waals surface area contributed by atoms with Gasteiger partial charge < -0.3 is 0 Å². The molecule has 0 saturated heterocycles. The minimum absolute atomic E-state index is 0.0263. The maximum atomic E-state index is 12.1. The third kappa shape index (κ3) is 3.25. The highest BCUT2D eigenvalue weighted by Gasteiger charge is 2.17. The Labute approximate surface area is 128 Å². The first kappa shape index (κ1) is 14.7. The molecule has 2 aromatic heterocycles. The lowest BCUT2D eigenvalue weighted by Gasteiger charge is -2.09. The van der Waals surface area contributed by atoms with Crippen molar-refractivity contribution in [3.05, 3.63) is 45.9 Å². The van der Waals surface area contributed by atoms with Crippen LogP contribution in [0.25, 0.3) is 0 Å². The predicted molar refractivity (Wildman–Crippen MR) is 76.7 cm³/mol. The lowest BCUT2D eigenvalue weighted by molar-refractivity contribution is 0.600. The van der Waals surface area contributed by atoms with Crippen LogP contribution in [0.3, 0.4) is 0 Å². The second-order valence-corrected chi connectivity index (χ2v) is 6.54. The molecule has 9 heteroatoms. The van der Waals surface area contributed by atoms with Gasteiger partial charge in [-0.1, -0.05) is 11.6 Å². The van der Waals surface area contributed by atoms with E-state index in [-0.39, 0.29) is 21.4 Å². The quantitative estimate of drug-likeness (QED) is 0.834. The molecule has 0 aromatic carbocycles. The Morgan fingerprint density at radius 2 is 2.05 bits per heavy atom. The van der Waals surface area contributed by atoms with Gasteiger partial charge in [0.25, 0.3) is 10.0 Å². The summed E-state index contributed by atoms with van der Waals surface area (Å²) in [5.74, 6) is 0. The summed E-state index contributed by atoms with van der Waals surface area (Å²) in [6.45, 7) is 0. The maximum absolute atomic E-state index is 12.1. The lowest BCUT2D eigenvalue weighted by Crippen LogP contribution is -2.14. The normalized spacial score (nSPS) is 10.8. The van der Waals surface area contributed by atoms with Crippen molar-refractivity contribution < 1.29 is 8.42 Å². The van der Waals surface area contributed by atoms with Gasteiger partial charge in [-0.15, -0.1) is 0 Å². The second-order valence-electron chi connectivity index (χ2n) is 3.59. The van der Waals surface area contributed by atoms with Crippen LogP contribution in [0.2, 0.25) is 5.15 Å². The van der Waals surface area contributed by atoms with Gasteiger partial charge in [0.1, 0.15) is 16.7 Å². The van der Waals surface area contributed by atoms with Gasteiger partial charge in [0.05, 0.1) is 5.69 Å². The Hall–Kier alpha value is -1.69. The molecule has 0 aliphatic rings. The molecule has 0 unspecified atom stereocenters. The van der Waals surface area contributed by atoms with Crippen LogP contribution in [0.1, 0.15) is 5.69 Å². The summed E-state index contributed by atoms with van der Waals surface area (Å²) in [6, 6.07) is 5.90. The van der Waals surface area contributed by atoms with E-state index in [0.29, 0.717) is 4.47 Å². The summed E-state index contributed by atoms with van der Waals surface area (Å²) in [7, 11) is -3.84. The summed E-state index contributed by atoms with van der Waals surface area (Å²) in [6.07, 6.45) is 2.55. The number of aromatic nitrogens is 2. The SMILES string of the molecule is N#Cc1ccc(S(=O)(=O)Nc2cc(Br)cnc2Cl)cn1. The monoisotopic (exact) mass is 372 g/mol. The molecule has 0 fully saturated rings. The van der Waals surface area contributed by atoms with E-state index in [0.717, 1.165) is 6.20 Å². The highest BCUT2D eigenvalue weighted by atomic mass is 79.9. The fourth-order valence-corrected chi connectivity index (χ4v) is 2.84. The van der Waals surface area contributed by atoms with Crippen molar-refractivity contribution in [1.29, 1.82) is 5.26 Å². The molecule has 2 heterocycles. The Morgan fingerprint density at radius 3 is 2.65 bits per heavy atom. The standard InChI is InChI=1S/C11H6BrClN4O2S/c12-7-3-10(11(13)16-5-7)17-20(18,19)9-2-1-8(4-14)15-6-9/h1-3,5-6,17H. The number of nitrogens with zero attached hydrogens (tertiary/aromatic N) is 3. The van der Waals surface area contributed by atoms with Crippen LogP contribution in [0, 0.1) is 11.3 Å². The summed E-state index contributed by atoms with van der Waals surface area (Å²) >= 11 is 8.99. The predicted octanol–water partition coefficient (Wildman–Crippen LogP) is 2.56. The Kier molecular flexibility index (Phi) is 4.23. The van der Waals surface area contributed by atoms with E-state index < -0.39 is 10.0 Å². The zero-order valence-electron chi connectivity index (χ0n) is 9.71. The van der Waals surface area contributed by atoms with E-state index >= 15 is 0 Å². The minimum atomic E-state index is -3.84. The molecule has 20 heavy (non-hydrogen) atoms. The van der Waals surface area contributed by atoms with Crippen LogP contribution < -0.4 is 4.72 Å². The van der Waals surface area contributed by atoms with Crippen LogP contribution in [0.5, 0.6) is 0 Å². The molecule has 1 N–H and O–H groups in total. The van der Waals surface area contributed by atoms with E-state index in [4.69, 9.17) is 16.9 Å². The molecule has 0 saturated carbocycles. The van der Waals surface area contributed by atoms with Crippen molar-refractivity contribution in [2.45, 2.75) is 4.90 Å². The van der Waals surface area contributed by atoms with Gasteiger partial charge in [0, 0.05) is 16.9 Å². The maximum Gasteiger partial charge on any atom is 0.263 e. The van der Waals surface area contributed by atoms with Crippen LogP contribution in [0.15, 0.2) is 40.0 Å². The van der Waals surface area contributed by atoms with Gasteiger partial charge >= 0.3 is 0 Å². The lowest BCUT2D eigenvalue weighted by atomic mass is 10.4. The van der Waals surface area contributed by atoms with Crippen molar-refractivity contribution in [3.8, 4) is 6.07 Å². The molecule has 2 aromatic rings. The Balaban J connectivity index is 2.35. The molecule has 0 radical (unpaired) electrons. The van der Waals surface area contributed by atoms with E-state index in [9.17, 15) is 8.42 Å². The molecule has 6 nitrogen and oxygen atoms in total. The number of rotatable bonds is 3. The molecule has 0 aliphatic heterocycles. The molecule has 0 aliphatic carbocycles. The third-order valence-corrected chi connectivity index (χ3v) is 4.30. The molecule has 0 atom stereocenters. The molecule has 0 bridgehead atoms. The van der Waals surface area contributed by atoms with Crippen molar-refractivity contribution >= 4 is 43.2 Å². The van der Waals surface area contributed by atoms with Crippen LogP contribution >= 0.6 is 27.5 Å². The summed E-state index contributed by atoms with van der Waals surface area (Å²) in [5, 5.41) is 8.65. The smallest absolute Gasteiger partial charge is 0.263 e. The average Bonchev–Trinajstić information content (AvgIpc) is 2.43. The van der Waals surface area contributed by atoms with Gasteiger partial charge in [-0.3, -0.25) is 4.72 Å². The zero-order chi connectivity index (χ0) is 14.8. The highest BCUT2D eigenvalue weighted by molar-refractivity contribution is 9.10. The van der Waals surface area contributed by atoms with Gasteiger partial charge in [-0.25, -0.2) is 18.4 Å². The number of anilines is 1. The van der Waals surface area contributed by atoms with Gasteiger partial charge in [0.15, 0.2) is 5.15 Å². The van der Waals surface area contributed by atoms with Gasteiger partial charge in [-0.05, 0) is 34.1 Å². The molecule has 0 spiro atoms. The highest BCUT2D eigenvalue weighted by Crippen LogP contribution is 2.25. The largest absolute Gasteiger partial charge is 0.276 e. The molecule has 102 valence electrons. The van der Waals surface area contributed by atoms with Crippen molar-refractivity contribution in [3.63, 3.8) is 0 Å². The van der Waals surface area contributed by atoms with Crippen molar-refractivity contribution in [1.82, 2.24) is 9.97 Å². The molecular weight excluding hydrogens is 368 g/mol. The summed E-state index contributed by atoms with van der Waals surface area (Å²) in [4.78, 5) is 7.45. The van der Waals surface area contributed by atoms with Crippen LogP contribution in [-0.4, -0.2) is 18.4 Å². The van der Waals surface area contributed by atoms with Gasteiger partial charge in [-0.2, -0.15) is 5.26 Å². The Bertz CT molecular complexity index is 787. The van der Waals surface area contributed by atoms with Crippen LogP contribution in [0.4, 0.5) is 5.69 Å². The number of pyridine rings is 2. The number of halogens is 2. The van der Waals surface area contributed by atoms with Gasteiger partial charge in [0.2, 0.25) is 0 Å². The van der Waals surface area contributed by atoms with E-state index in [1.165, 1.54) is 24.4 Å². The van der Waals surface area contributed by atoms with E-state index in [1.54, 1.807) is 0 Å². The number of hydrogen-bond acceptors (Lipinski definition) is 5. The van der Waals surface area contributed by atoms with Crippen molar-refractivity contribution in [2.24, 2.45) is 0 Å². The topological polar surface area (TPSA) is 95.7 Å². The van der Waals surface area contributed by atoms with E-state index in [2.05, 4.69) is 30.6 Å². The second kappa shape index (κ2) is 5.75. The molecule has 2 rings (SSSR count). The molecular formula is C11H6BrClN4O2S. The first-order valence-electron chi connectivity index (χ1n) is 5.12. The summed E-state index contributed by atoms with van der Waals surface area (Å²) in [5.41, 5.74) is 0.275. The number of nitriles is 1. The summed E-state index contributed by atoms with van der Waals surface area (Å²) < 4.78 is 27.1. The third-order valence-electron chi connectivity index (χ3n) is 2.21. The fourth-order valence-electron chi connectivity index (χ4n) is 1.30. The molecule has 0 amide bonds. The minimum Gasteiger partial charge on any atom is -0.276 e. The van der Waals surface area contributed by atoms with E-state index in [1.807, 2.05) is 6.07 Å². The fraction of sp³-hybridized carbons (Fsp3) is 0. The average molecular weight is 374 g/mol. The first-order chi connectivity index (χ1) is 9.42.